The number of urea groups is 1. The summed E-state index contributed by atoms with van der Waals surface area (Å²) in [6.45, 7) is 0. The number of aliphatic carboxylic acids is 2. The van der Waals surface area contributed by atoms with E-state index in [2.05, 4.69) is 15.7 Å². The summed E-state index contributed by atoms with van der Waals surface area (Å²) in [5.74, 6) is -3.21. The minimum absolute atomic E-state index is 0.141. The van der Waals surface area contributed by atoms with E-state index in [1.807, 2.05) is 0 Å². The smallest absolute Gasteiger partial charge is 0.326 e. The van der Waals surface area contributed by atoms with Crippen molar-refractivity contribution < 1.29 is 29.4 Å². The molecule has 1 aromatic rings. The van der Waals surface area contributed by atoms with E-state index < -0.39 is 36.3 Å². The van der Waals surface area contributed by atoms with E-state index in [-0.39, 0.29) is 11.5 Å². The maximum Gasteiger partial charge on any atom is 0.326 e. The number of rotatable bonds is 5. The van der Waals surface area contributed by atoms with E-state index in [1.54, 1.807) is 5.32 Å². The lowest BCUT2D eigenvalue weighted by Crippen LogP contribution is -2.44. The van der Waals surface area contributed by atoms with Crippen molar-refractivity contribution in [3.63, 3.8) is 0 Å². The third-order valence-corrected chi connectivity index (χ3v) is 1.91. The quantitative estimate of drug-likeness (QED) is 0.311. The SMILES string of the molecule is NC(=O)NC(CC(=O)O)C(=O)O.NC(=O)c1[nH]cnc1N. The number of anilines is 1. The van der Waals surface area contributed by atoms with Crippen LogP contribution in [0.5, 0.6) is 0 Å². The monoisotopic (exact) mass is 302 g/mol. The number of amides is 3. The first-order valence-corrected chi connectivity index (χ1v) is 5.24. The lowest BCUT2D eigenvalue weighted by atomic mass is 10.2. The van der Waals surface area contributed by atoms with Gasteiger partial charge in [0.1, 0.15) is 11.7 Å². The molecule has 0 radical (unpaired) electrons. The molecule has 0 saturated carbocycles. The number of aromatic nitrogens is 2. The molecule has 1 rings (SSSR count). The highest BCUT2D eigenvalue weighted by molar-refractivity contribution is 5.95. The maximum atomic E-state index is 10.4. The second kappa shape index (κ2) is 7.98. The Morgan fingerprint density at radius 2 is 1.86 bits per heavy atom. The number of carbonyl (C=O) groups excluding carboxylic acids is 2. The molecule has 0 aromatic carbocycles. The summed E-state index contributed by atoms with van der Waals surface area (Å²) in [4.78, 5) is 46.8. The summed E-state index contributed by atoms with van der Waals surface area (Å²) >= 11 is 0. The molecule has 21 heavy (non-hydrogen) atoms. The van der Waals surface area contributed by atoms with Crippen LogP contribution in [-0.2, 0) is 9.59 Å². The van der Waals surface area contributed by atoms with Crippen LogP contribution in [0, 0.1) is 0 Å². The van der Waals surface area contributed by atoms with Gasteiger partial charge in [-0.3, -0.25) is 9.59 Å². The molecule has 1 unspecified atom stereocenters. The fourth-order valence-electron chi connectivity index (χ4n) is 1.05. The van der Waals surface area contributed by atoms with E-state index in [0.29, 0.717) is 0 Å². The van der Waals surface area contributed by atoms with Gasteiger partial charge in [-0.05, 0) is 0 Å². The van der Waals surface area contributed by atoms with Gasteiger partial charge in [0, 0.05) is 0 Å². The summed E-state index contributed by atoms with van der Waals surface area (Å²) < 4.78 is 0. The molecular formula is C9H14N6O6. The number of hydrogen-bond donors (Lipinski definition) is 7. The lowest BCUT2D eigenvalue weighted by Gasteiger charge is -2.08. The van der Waals surface area contributed by atoms with Gasteiger partial charge in [0.15, 0.2) is 5.82 Å². The average molecular weight is 302 g/mol. The van der Waals surface area contributed by atoms with Gasteiger partial charge < -0.3 is 37.7 Å². The molecule has 116 valence electrons. The number of nitrogen functional groups attached to an aromatic ring is 1. The van der Waals surface area contributed by atoms with Crippen LogP contribution >= 0.6 is 0 Å². The number of aromatic amines is 1. The van der Waals surface area contributed by atoms with Crippen molar-refractivity contribution in [1.29, 1.82) is 0 Å². The molecule has 10 N–H and O–H groups in total. The Bertz CT molecular complexity index is 525. The maximum absolute atomic E-state index is 10.4. The minimum Gasteiger partial charge on any atom is -0.481 e. The number of nitrogens with one attached hydrogen (secondary N) is 2. The van der Waals surface area contributed by atoms with Crippen LogP contribution < -0.4 is 22.5 Å². The number of nitrogens with zero attached hydrogens (tertiary/aromatic N) is 1. The van der Waals surface area contributed by atoms with E-state index in [0.717, 1.165) is 0 Å². The Balaban J connectivity index is 0.000000394. The highest BCUT2D eigenvalue weighted by Gasteiger charge is 2.21. The third-order valence-electron chi connectivity index (χ3n) is 1.91. The number of H-pyrrole nitrogens is 1. The van der Waals surface area contributed by atoms with Crippen molar-refractivity contribution in [1.82, 2.24) is 15.3 Å². The van der Waals surface area contributed by atoms with Crippen LogP contribution in [0.15, 0.2) is 6.33 Å². The molecule has 12 nitrogen and oxygen atoms in total. The van der Waals surface area contributed by atoms with Gasteiger partial charge in [0.25, 0.3) is 5.91 Å². The molecule has 1 heterocycles. The molecule has 0 bridgehead atoms. The summed E-state index contributed by atoms with van der Waals surface area (Å²) in [5, 5.41) is 18.3. The molecule has 3 amide bonds. The van der Waals surface area contributed by atoms with Crippen LogP contribution in [0.3, 0.4) is 0 Å². The zero-order valence-corrected chi connectivity index (χ0v) is 10.6. The van der Waals surface area contributed by atoms with Gasteiger partial charge in [-0.1, -0.05) is 0 Å². The van der Waals surface area contributed by atoms with Gasteiger partial charge in [-0.15, -0.1) is 0 Å². The standard InChI is InChI=1S/C5H8N2O5.C4H6N4O/c6-5(12)7-2(4(10)11)1-3(8)9;5-3-2(4(6)9)7-1-8-3/h2H,1H2,(H,8,9)(H,10,11)(H3,6,7,12);1H,5H2,(H2,6,9)(H,7,8). The summed E-state index contributed by atoms with van der Waals surface area (Å²) in [5.41, 5.74) is 14.8. The molecule has 1 atom stereocenters. The third kappa shape index (κ3) is 7.00. The van der Waals surface area contributed by atoms with Crippen molar-refractivity contribution in [3.8, 4) is 0 Å². The van der Waals surface area contributed by atoms with Gasteiger partial charge in [-0.25, -0.2) is 14.6 Å². The van der Waals surface area contributed by atoms with Crippen molar-refractivity contribution in [2.75, 3.05) is 5.73 Å². The summed E-state index contributed by atoms with van der Waals surface area (Å²) in [6.07, 6.45) is 0.619. The van der Waals surface area contributed by atoms with Gasteiger partial charge in [0.05, 0.1) is 12.7 Å². The Morgan fingerprint density at radius 1 is 1.29 bits per heavy atom. The largest absolute Gasteiger partial charge is 0.481 e. The van der Waals surface area contributed by atoms with Crippen LogP contribution in [0.2, 0.25) is 0 Å². The first-order valence-electron chi connectivity index (χ1n) is 5.24. The predicted molar refractivity (Wildman–Crippen MR) is 67.9 cm³/mol. The van der Waals surface area contributed by atoms with Gasteiger partial charge >= 0.3 is 18.0 Å². The first-order chi connectivity index (χ1) is 9.65. The molecular weight excluding hydrogens is 288 g/mol. The molecule has 0 aliphatic rings. The van der Waals surface area contributed by atoms with Crippen LogP contribution in [0.25, 0.3) is 0 Å². The Kier molecular flexibility index (Phi) is 6.72. The Morgan fingerprint density at radius 3 is 2.10 bits per heavy atom. The predicted octanol–water partition coefficient (Wildman–Crippen LogP) is -2.33. The average Bonchev–Trinajstić information content (AvgIpc) is 2.74. The summed E-state index contributed by atoms with van der Waals surface area (Å²) in [7, 11) is 0. The van der Waals surface area contributed by atoms with Gasteiger partial charge in [-0.2, -0.15) is 0 Å². The van der Waals surface area contributed by atoms with Crippen LogP contribution in [0.4, 0.5) is 10.6 Å². The van der Waals surface area contributed by atoms with E-state index >= 15 is 0 Å². The molecule has 0 fully saturated rings. The molecule has 0 aliphatic carbocycles. The van der Waals surface area contributed by atoms with E-state index in [4.69, 9.17) is 21.7 Å². The fourth-order valence-corrected chi connectivity index (χ4v) is 1.05. The number of carbonyl (C=O) groups is 4. The molecule has 0 saturated heterocycles. The Hall–Kier alpha value is -3.31. The molecule has 0 aliphatic heterocycles. The zero-order valence-electron chi connectivity index (χ0n) is 10.6. The van der Waals surface area contributed by atoms with Crippen LogP contribution in [-0.4, -0.2) is 50.1 Å². The highest BCUT2D eigenvalue weighted by atomic mass is 16.4. The Labute approximate surface area is 117 Å². The number of nitrogens with two attached hydrogens (primary N) is 3. The van der Waals surface area contributed by atoms with Crippen LogP contribution in [0.1, 0.15) is 16.9 Å². The first kappa shape index (κ1) is 17.7. The summed E-state index contributed by atoms with van der Waals surface area (Å²) in [6, 6.07) is -2.54. The second-order valence-corrected chi connectivity index (χ2v) is 3.52. The molecule has 1 aromatic heterocycles. The van der Waals surface area contributed by atoms with E-state index in [9.17, 15) is 19.2 Å². The molecule has 12 heteroatoms. The van der Waals surface area contributed by atoms with Crippen molar-refractivity contribution in [2.45, 2.75) is 12.5 Å². The number of carboxylic acids is 2. The number of hydrogen-bond acceptors (Lipinski definition) is 6. The lowest BCUT2D eigenvalue weighted by molar-refractivity contribution is -0.145. The normalized spacial score (nSPS) is 10.7. The topological polar surface area (TPSA) is 228 Å². The van der Waals surface area contributed by atoms with Crippen molar-refractivity contribution in [2.24, 2.45) is 11.5 Å². The zero-order chi connectivity index (χ0) is 16.6. The fraction of sp³-hybridized carbons (Fsp3) is 0.222. The second-order valence-electron chi connectivity index (χ2n) is 3.52. The number of primary amides is 2. The molecule has 0 spiro atoms. The van der Waals surface area contributed by atoms with E-state index in [1.165, 1.54) is 6.33 Å². The number of carboxylic acid groups (broad SMARTS) is 2. The number of imidazole rings is 1. The van der Waals surface area contributed by atoms with Crippen molar-refractivity contribution in [3.05, 3.63) is 12.0 Å². The van der Waals surface area contributed by atoms with Gasteiger partial charge in [0.2, 0.25) is 0 Å². The van der Waals surface area contributed by atoms with Crippen molar-refractivity contribution >= 4 is 29.7 Å². The highest BCUT2D eigenvalue weighted by Crippen LogP contribution is 2.00. The minimum atomic E-state index is -1.47.